The molecule has 2 heterocycles. The van der Waals surface area contributed by atoms with Crippen LogP contribution in [0.15, 0.2) is 64.8 Å². The first kappa shape index (κ1) is 14.1. The Hall–Kier alpha value is -2.48. The summed E-state index contributed by atoms with van der Waals surface area (Å²) in [6, 6.07) is 8.51. The van der Waals surface area contributed by atoms with Gasteiger partial charge in [0, 0.05) is 22.1 Å². The number of furan rings is 1. The van der Waals surface area contributed by atoms with Crippen LogP contribution in [0.1, 0.15) is 20.3 Å². The van der Waals surface area contributed by atoms with E-state index in [1.807, 2.05) is 18.3 Å². The number of dihydropyridines is 1. The van der Waals surface area contributed by atoms with Crippen molar-refractivity contribution in [1.82, 2.24) is 5.32 Å². The van der Waals surface area contributed by atoms with Gasteiger partial charge >= 0.3 is 0 Å². The average molecular weight is 303 g/mol. The number of hydrogen-bond donors (Lipinski definition) is 1. The molecule has 0 amide bonds. The molecule has 1 aliphatic carbocycles. The fraction of sp³-hybridized carbons (Fsp3) is 0.238. The second-order valence-corrected chi connectivity index (χ2v) is 6.21. The standard InChI is InChI=1S/C21H21NO/c1-3-14(2)15-11-12-17-16-8-4-5-10-19(16)23-21(17)20(15)18-9-6-7-13-22-18/h3-10,12-13,15,18,22H,11H2,1-2H3. The molecule has 116 valence electrons. The molecule has 2 aromatic rings. The van der Waals surface area contributed by atoms with Gasteiger partial charge in [0.15, 0.2) is 0 Å². The minimum Gasteiger partial charge on any atom is -0.456 e. The third-order valence-corrected chi connectivity index (χ3v) is 4.96. The van der Waals surface area contributed by atoms with E-state index in [0.717, 1.165) is 17.4 Å². The summed E-state index contributed by atoms with van der Waals surface area (Å²) in [5.41, 5.74) is 4.75. The van der Waals surface area contributed by atoms with E-state index in [1.165, 1.54) is 21.8 Å². The van der Waals surface area contributed by atoms with Crippen LogP contribution in [0.2, 0.25) is 0 Å². The maximum Gasteiger partial charge on any atom is 0.137 e. The predicted molar refractivity (Wildman–Crippen MR) is 96.1 cm³/mol. The zero-order valence-electron chi connectivity index (χ0n) is 13.5. The summed E-state index contributed by atoms with van der Waals surface area (Å²) in [7, 11) is 0. The van der Waals surface area contributed by atoms with Crippen LogP contribution in [-0.2, 0) is 0 Å². The van der Waals surface area contributed by atoms with E-state index in [0.29, 0.717) is 5.92 Å². The smallest absolute Gasteiger partial charge is 0.137 e. The van der Waals surface area contributed by atoms with Crippen molar-refractivity contribution < 1.29 is 4.42 Å². The van der Waals surface area contributed by atoms with Crippen LogP contribution in [0.3, 0.4) is 0 Å². The lowest BCUT2D eigenvalue weighted by atomic mass is 9.81. The number of fused-ring (bicyclic) bond motifs is 3. The molecule has 2 atom stereocenters. The van der Waals surface area contributed by atoms with Gasteiger partial charge in [0.25, 0.3) is 0 Å². The summed E-state index contributed by atoms with van der Waals surface area (Å²) in [5, 5.41) is 5.94. The van der Waals surface area contributed by atoms with Gasteiger partial charge in [-0.15, -0.1) is 0 Å². The molecule has 4 rings (SSSR count). The highest BCUT2D eigenvalue weighted by atomic mass is 16.3. The Morgan fingerprint density at radius 3 is 2.91 bits per heavy atom. The summed E-state index contributed by atoms with van der Waals surface area (Å²) in [4.78, 5) is 0. The monoisotopic (exact) mass is 303 g/mol. The summed E-state index contributed by atoms with van der Waals surface area (Å²) in [6.07, 6.45) is 13.9. The van der Waals surface area contributed by atoms with E-state index >= 15 is 0 Å². The van der Waals surface area contributed by atoms with Gasteiger partial charge in [0.2, 0.25) is 0 Å². The number of rotatable bonds is 2. The van der Waals surface area contributed by atoms with Crippen molar-refractivity contribution in [3.8, 4) is 0 Å². The van der Waals surface area contributed by atoms with Crippen molar-refractivity contribution in [2.45, 2.75) is 26.3 Å². The first-order valence-electron chi connectivity index (χ1n) is 8.23. The van der Waals surface area contributed by atoms with E-state index in [2.05, 4.69) is 61.7 Å². The van der Waals surface area contributed by atoms with Gasteiger partial charge < -0.3 is 9.73 Å². The highest BCUT2D eigenvalue weighted by molar-refractivity contribution is 5.81. The summed E-state index contributed by atoms with van der Waals surface area (Å²) in [5.74, 6) is 0.390. The average Bonchev–Trinajstić information content (AvgIpc) is 2.99. The lowest BCUT2D eigenvalue weighted by Gasteiger charge is -2.28. The van der Waals surface area contributed by atoms with Crippen molar-refractivity contribution in [3.05, 3.63) is 71.0 Å². The zero-order chi connectivity index (χ0) is 15.8. The molecule has 2 heteroatoms. The molecule has 1 aliphatic heterocycles. The van der Waals surface area contributed by atoms with E-state index in [-0.39, 0.29) is 6.04 Å². The van der Waals surface area contributed by atoms with Gasteiger partial charge in [-0.1, -0.05) is 48.1 Å². The summed E-state index contributed by atoms with van der Waals surface area (Å²) >= 11 is 0. The van der Waals surface area contributed by atoms with Crippen molar-refractivity contribution in [2.75, 3.05) is 0 Å². The van der Waals surface area contributed by atoms with Crippen molar-refractivity contribution in [2.24, 2.45) is 5.92 Å². The first-order chi connectivity index (χ1) is 11.3. The SMILES string of the molecule is CC=C(C)C1CC=c2c(oc3ccccc23)=C1C1C=CC=CN1. The minimum atomic E-state index is 0.188. The highest BCUT2D eigenvalue weighted by Gasteiger charge is 2.27. The van der Waals surface area contributed by atoms with Crippen LogP contribution in [0.4, 0.5) is 0 Å². The predicted octanol–water partition coefficient (Wildman–Crippen LogP) is 3.39. The molecule has 2 aliphatic rings. The summed E-state index contributed by atoms with van der Waals surface area (Å²) in [6.45, 7) is 4.33. The largest absolute Gasteiger partial charge is 0.456 e. The number of benzene rings is 1. The van der Waals surface area contributed by atoms with Gasteiger partial charge in [0.05, 0.1) is 6.04 Å². The lowest BCUT2D eigenvalue weighted by molar-refractivity contribution is 0.549. The Labute approximate surface area is 136 Å². The van der Waals surface area contributed by atoms with E-state index in [4.69, 9.17) is 4.42 Å². The Morgan fingerprint density at radius 1 is 1.26 bits per heavy atom. The first-order valence-corrected chi connectivity index (χ1v) is 8.23. The third kappa shape index (κ3) is 2.26. The molecule has 2 nitrogen and oxygen atoms in total. The van der Waals surface area contributed by atoms with Crippen LogP contribution in [0.5, 0.6) is 0 Å². The van der Waals surface area contributed by atoms with Crippen LogP contribution < -0.4 is 16.0 Å². The molecule has 0 saturated heterocycles. The molecular weight excluding hydrogens is 282 g/mol. The molecule has 0 spiro atoms. The molecule has 0 fully saturated rings. The molecule has 1 N–H and O–H groups in total. The van der Waals surface area contributed by atoms with Gasteiger partial charge in [-0.3, -0.25) is 0 Å². The van der Waals surface area contributed by atoms with Gasteiger partial charge in [-0.05, 0) is 38.6 Å². The topological polar surface area (TPSA) is 25.2 Å². The fourth-order valence-electron chi connectivity index (χ4n) is 3.63. The quantitative estimate of drug-likeness (QED) is 0.860. The van der Waals surface area contributed by atoms with Gasteiger partial charge in [-0.25, -0.2) is 0 Å². The number of nitrogens with one attached hydrogen (secondary N) is 1. The maximum absolute atomic E-state index is 6.29. The maximum atomic E-state index is 6.29. The van der Waals surface area contributed by atoms with Crippen LogP contribution in [0, 0.1) is 5.92 Å². The fourth-order valence-corrected chi connectivity index (χ4v) is 3.63. The lowest BCUT2D eigenvalue weighted by Crippen LogP contribution is -2.39. The molecule has 1 aromatic carbocycles. The second-order valence-electron chi connectivity index (χ2n) is 6.21. The molecular formula is C21H21NO. The molecule has 2 unspecified atom stereocenters. The van der Waals surface area contributed by atoms with Crippen molar-refractivity contribution in [3.63, 3.8) is 0 Å². The Morgan fingerprint density at radius 2 is 2.13 bits per heavy atom. The minimum absolute atomic E-state index is 0.188. The number of allylic oxidation sites excluding steroid dienone is 4. The normalized spacial score (nSPS) is 23.6. The Balaban J connectivity index is 2.04. The summed E-state index contributed by atoms with van der Waals surface area (Å²) < 4.78 is 6.29. The molecule has 1 aromatic heterocycles. The van der Waals surface area contributed by atoms with E-state index in [1.54, 1.807) is 0 Å². The van der Waals surface area contributed by atoms with Crippen LogP contribution in [0.25, 0.3) is 22.6 Å². The Bertz CT molecular complexity index is 955. The van der Waals surface area contributed by atoms with Gasteiger partial charge in [0.1, 0.15) is 11.0 Å². The molecule has 0 bridgehead atoms. The van der Waals surface area contributed by atoms with Crippen molar-refractivity contribution in [1.29, 1.82) is 0 Å². The van der Waals surface area contributed by atoms with E-state index < -0.39 is 0 Å². The number of para-hydroxylation sites is 1. The van der Waals surface area contributed by atoms with Gasteiger partial charge in [-0.2, -0.15) is 0 Å². The second kappa shape index (κ2) is 5.62. The van der Waals surface area contributed by atoms with Crippen molar-refractivity contribution >= 4 is 22.6 Å². The third-order valence-electron chi connectivity index (χ3n) is 4.96. The molecule has 0 saturated carbocycles. The van der Waals surface area contributed by atoms with Crippen LogP contribution in [-0.4, -0.2) is 6.04 Å². The van der Waals surface area contributed by atoms with Crippen LogP contribution >= 0.6 is 0 Å². The number of hydrogen-bond acceptors (Lipinski definition) is 2. The zero-order valence-corrected chi connectivity index (χ0v) is 13.5. The highest BCUT2D eigenvalue weighted by Crippen LogP contribution is 2.30. The van der Waals surface area contributed by atoms with E-state index in [9.17, 15) is 0 Å². The Kier molecular flexibility index (Phi) is 3.45. The molecule has 0 radical (unpaired) electrons. The molecule has 23 heavy (non-hydrogen) atoms.